The largest absolute Gasteiger partial charge is 0.456 e. The van der Waals surface area contributed by atoms with E-state index in [1.165, 1.54) is 0 Å². The molecule has 0 bridgehead atoms. The molecule has 0 atom stereocenters. The summed E-state index contributed by atoms with van der Waals surface area (Å²) in [6, 6.07) is 6.85. The van der Waals surface area contributed by atoms with Crippen molar-refractivity contribution in [2.75, 3.05) is 33.2 Å². The molecule has 0 spiro atoms. The average Bonchev–Trinajstić information content (AvgIpc) is 2.77. The number of aryl methyl sites for hydroxylation is 1. The zero-order chi connectivity index (χ0) is 25.3. The van der Waals surface area contributed by atoms with Crippen LogP contribution in [0.1, 0.15) is 28.8 Å². The second-order valence-electron chi connectivity index (χ2n) is 8.79. The summed E-state index contributed by atoms with van der Waals surface area (Å²) in [4.78, 5) is 14.8. The third-order valence-corrected chi connectivity index (χ3v) is 8.21. The predicted molar refractivity (Wildman–Crippen MR) is 131 cm³/mol. The summed E-state index contributed by atoms with van der Waals surface area (Å²) in [5, 5.41) is 0.493. The Labute approximate surface area is 214 Å². The molecule has 2 aromatic rings. The van der Waals surface area contributed by atoms with Crippen molar-refractivity contribution in [3.63, 3.8) is 0 Å². The van der Waals surface area contributed by atoms with E-state index in [9.17, 15) is 17.6 Å². The van der Waals surface area contributed by atoms with E-state index in [1.54, 1.807) is 25.1 Å². The van der Waals surface area contributed by atoms with Crippen LogP contribution >= 0.6 is 23.2 Å². The van der Waals surface area contributed by atoms with E-state index < -0.39 is 27.5 Å². The Balaban J connectivity index is 1.38. The van der Waals surface area contributed by atoms with Crippen molar-refractivity contribution in [1.82, 2.24) is 13.9 Å². The van der Waals surface area contributed by atoms with Crippen LogP contribution in [0.4, 0.5) is 4.39 Å². The molecule has 2 aliphatic rings. The lowest BCUT2D eigenvalue weighted by Gasteiger charge is -2.40. The van der Waals surface area contributed by atoms with Gasteiger partial charge in [0.1, 0.15) is 17.3 Å². The van der Waals surface area contributed by atoms with Crippen LogP contribution in [0.25, 0.3) is 0 Å². The topological polar surface area (TPSA) is 88.2 Å². The second-order valence-corrected chi connectivity index (χ2v) is 11.3. The monoisotopic (exact) mass is 545 g/mol. The summed E-state index contributed by atoms with van der Waals surface area (Å²) in [5.74, 6) is -1.73. The summed E-state index contributed by atoms with van der Waals surface area (Å²) < 4.78 is 54.9. The van der Waals surface area contributed by atoms with Gasteiger partial charge in [-0.1, -0.05) is 23.2 Å². The number of carbonyl (C=O) groups excluding carboxylic acids is 1. The SMILES string of the molecule is Cc1cc(Oc2cc(F)c(C(=O)NS(=O)(=O)N3CCC(OC4CN(C)C4)CC3)cc2Cl)ccc1Cl. The number of likely N-dealkylation sites (tertiary alicyclic amines) is 1. The molecule has 8 nitrogen and oxygen atoms in total. The highest BCUT2D eigenvalue weighted by atomic mass is 35.5. The van der Waals surface area contributed by atoms with E-state index in [2.05, 4.69) is 4.90 Å². The first-order valence-corrected chi connectivity index (χ1v) is 13.3. The number of amides is 1. The van der Waals surface area contributed by atoms with Crippen molar-refractivity contribution in [2.45, 2.75) is 32.0 Å². The lowest BCUT2D eigenvalue weighted by molar-refractivity contribution is -0.0957. The van der Waals surface area contributed by atoms with Gasteiger partial charge in [-0.25, -0.2) is 9.11 Å². The molecule has 4 rings (SSSR count). The molecule has 1 N–H and O–H groups in total. The van der Waals surface area contributed by atoms with Gasteiger partial charge in [-0.2, -0.15) is 12.7 Å². The minimum absolute atomic E-state index is 0.0231. The maximum absolute atomic E-state index is 14.7. The van der Waals surface area contributed by atoms with E-state index in [4.69, 9.17) is 32.7 Å². The van der Waals surface area contributed by atoms with E-state index in [-0.39, 0.29) is 36.1 Å². The highest BCUT2D eigenvalue weighted by Crippen LogP contribution is 2.33. The molecular formula is C23H26Cl2FN3O5S. The normalized spacial score (nSPS) is 18.3. The summed E-state index contributed by atoms with van der Waals surface area (Å²) >= 11 is 12.2. The molecule has 2 saturated heterocycles. The quantitative estimate of drug-likeness (QED) is 0.565. The zero-order valence-corrected chi connectivity index (χ0v) is 21.6. The third kappa shape index (κ3) is 6.25. The first-order chi connectivity index (χ1) is 16.5. The second kappa shape index (κ2) is 10.6. The van der Waals surface area contributed by atoms with Crippen molar-refractivity contribution >= 4 is 39.3 Å². The van der Waals surface area contributed by atoms with Crippen LogP contribution in [-0.2, 0) is 14.9 Å². The van der Waals surface area contributed by atoms with Gasteiger partial charge in [-0.05, 0) is 56.6 Å². The fourth-order valence-electron chi connectivity index (χ4n) is 4.03. The van der Waals surface area contributed by atoms with Gasteiger partial charge >= 0.3 is 10.2 Å². The van der Waals surface area contributed by atoms with Crippen LogP contribution in [-0.4, -0.2) is 69.0 Å². The molecule has 0 radical (unpaired) electrons. The van der Waals surface area contributed by atoms with E-state index in [1.807, 2.05) is 11.8 Å². The Kier molecular flexibility index (Phi) is 7.89. The van der Waals surface area contributed by atoms with Crippen LogP contribution in [0.3, 0.4) is 0 Å². The van der Waals surface area contributed by atoms with Gasteiger partial charge in [0.15, 0.2) is 0 Å². The fraction of sp³-hybridized carbons (Fsp3) is 0.435. The molecule has 12 heteroatoms. The molecule has 2 heterocycles. The van der Waals surface area contributed by atoms with Crippen molar-refractivity contribution < 1.29 is 27.1 Å². The minimum atomic E-state index is -4.16. The summed E-state index contributed by atoms with van der Waals surface area (Å²) in [7, 11) is -2.15. The number of carbonyl (C=O) groups is 1. The van der Waals surface area contributed by atoms with Gasteiger partial charge in [0, 0.05) is 37.3 Å². The number of benzene rings is 2. The molecule has 0 unspecified atom stereocenters. The lowest BCUT2D eigenvalue weighted by atomic mass is 10.1. The number of likely N-dealkylation sites (N-methyl/N-ethyl adjacent to an activating group) is 1. The van der Waals surface area contributed by atoms with Gasteiger partial charge < -0.3 is 14.4 Å². The molecule has 0 aromatic heterocycles. The molecule has 1 amide bonds. The first-order valence-electron chi connectivity index (χ1n) is 11.1. The van der Waals surface area contributed by atoms with Crippen molar-refractivity contribution in [3.8, 4) is 11.5 Å². The van der Waals surface area contributed by atoms with Crippen LogP contribution < -0.4 is 9.46 Å². The summed E-state index contributed by atoms with van der Waals surface area (Å²) in [6.07, 6.45) is 1.19. The molecule has 2 aliphatic heterocycles. The standard InChI is InChI=1S/C23H26Cl2FN3O5S/c1-14-9-16(3-4-19(14)24)34-22-11-21(26)18(10-20(22)25)23(30)27-35(31,32)29-7-5-15(6-8-29)33-17-12-28(2)13-17/h3-4,9-11,15,17H,5-8,12-13H2,1-2H3,(H,27,30). The van der Waals surface area contributed by atoms with Gasteiger partial charge in [-0.15, -0.1) is 0 Å². The third-order valence-electron chi connectivity index (χ3n) is 6.00. The zero-order valence-electron chi connectivity index (χ0n) is 19.3. The Morgan fingerprint density at radius 1 is 1.09 bits per heavy atom. The molecule has 190 valence electrons. The number of nitrogens with one attached hydrogen (secondary N) is 1. The average molecular weight is 546 g/mol. The van der Waals surface area contributed by atoms with Gasteiger partial charge in [0.25, 0.3) is 5.91 Å². The Morgan fingerprint density at radius 3 is 2.40 bits per heavy atom. The molecule has 2 fully saturated rings. The van der Waals surface area contributed by atoms with Crippen LogP contribution in [0, 0.1) is 12.7 Å². The fourth-order valence-corrected chi connectivity index (χ4v) is 5.52. The number of hydrogen-bond acceptors (Lipinski definition) is 6. The van der Waals surface area contributed by atoms with Gasteiger partial charge in [0.05, 0.1) is 22.8 Å². The highest BCUT2D eigenvalue weighted by Gasteiger charge is 2.33. The number of piperidine rings is 1. The lowest BCUT2D eigenvalue weighted by Crippen LogP contribution is -2.53. The van der Waals surface area contributed by atoms with Crippen LogP contribution in [0.5, 0.6) is 11.5 Å². The van der Waals surface area contributed by atoms with Crippen LogP contribution in [0.2, 0.25) is 10.0 Å². The minimum Gasteiger partial charge on any atom is -0.456 e. The molecule has 0 aliphatic carbocycles. The smallest absolute Gasteiger partial charge is 0.304 e. The van der Waals surface area contributed by atoms with Crippen molar-refractivity contribution in [2.24, 2.45) is 0 Å². The summed E-state index contributed by atoms with van der Waals surface area (Å²) in [6.45, 7) is 3.92. The van der Waals surface area contributed by atoms with Gasteiger partial charge in [0.2, 0.25) is 0 Å². The van der Waals surface area contributed by atoms with Crippen molar-refractivity contribution in [3.05, 3.63) is 57.3 Å². The molecule has 0 saturated carbocycles. The van der Waals surface area contributed by atoms with Gasteiger partial charge in [-0.3, -0.25) is 4.79 Å². The number of rotatable bonds is 7. The number of nitrogens with zero attached hydrogens (tertiary/aromatic N) is 2. The molecule has 2 aromatic carbocycles. The maximum atomic E-state index is 14.7. The Morgan fingerprint density at radius 2 is 1.77 bits per heavy atom. The first kappa shape index (κ1) is 26.1. The van der Waals surface area contributed by atoms with E-state index in [0.29, 0.717) is 23.6 Å². The number of ether oxygens (including phenoxy) is 2. The Hall–Kier alpha value is -1.95. The highest BCUT2D eigenvalue weighted by molar-refractivity contribution is 7.87. The maximum Gasteiger partial charge on any atom is 0.304 e. The summed E-state index contributed by atoms with van der Waals surface area (Å²) in [5.41, 5.74) is 0.249. The van der Waals surface area contributed by atoms with E-state index in [0.717, 1.165) is 35.1 Å². The van der Waals surface area contributed by atoms with Crippen LogP contribution in [0.15, 0.2) is 30.3 Å². The molecule has 35 heavy (non-hydrogen) atoms. The van der Waals surface area contributed by atoms with Crippen molar-refractivity contribution in [1.29, 1.82) is 0 Å². The number of halogens is 3. The molecular weight excluding hydrogens is 520 g/mol. The predicted octanol–water partition coefficient (Wildman–Crippen LogP) is 4.00. The Bertz CT molecular complexity index is 1220. The van der Waals surface area contributed by atoms with E-state index >= 15 is 0 Å². The number of hydrogen-bond donors (Lipinski definition) is 1.